The van der Waals surface area contributed by atoms with E-state index in [1.807, 2.05) is 31.2 Å². The molecule has 7 heteroatoms. The highest BCUT2D eigenvalue weighted by molar-refractivity contribution is 7.92. The second-order valence-corrected chi connectivity index (χ2v) is 10.4. The Kier molecular flexibility index (Phi) is 4.99. The average molecular weight is 383 g/mol. The van der Waals surface area contributed by atoms with Crippen molar-refractivity contribution in [3.8, 4) is 5.75 Å². The van der Waals surface area contributed by atoms with Gasteiger partial charge in [-0.15, -0.1) is 0 Å². The predicted octanol–water partition coefficient (Wildman–Crippen LogP) is 2.85. The monoisotopic (exact) mass is 382 g/mol. The Bertz CT molecular complexity index is 761. The Balaban J connectivity index is 1.64. The molecule has 3 rings (SSSR count). The third kappa shape index (κ3) is 3.36. The molecule has 0 radical (unpaired) electrons. The quantitative estimate of drug-likeness (QED) is 0.705. The molecule has 25 heavy (non-hydrogen) atoms. The molecule has 0 aliphatic carbocycles. The zero-order valence-electron chi connectivity index (χ0n) is 15.1. The van der Waals surface area contributed by atoms with E-state index in [4.69, 9.17) is 17.0 Å². The molecule has 1 fully saturated rings. The fraction of sp³-hybridized carbons (Fsp3) is 0.611. The van der Waals surface area contributed by atoms with E-state index in [1.54, 1.807) is 13.8 Å². The van der Waals surface area contributed by atoms with Crippen LogP contribution in [0.3, 0.4) is 0 Å². The molecular formula is C18H26N2O3S2. The van der Waals surface area contributed by atoms with E-state index in [9.17, 15) is 8.42 Å². The molecule has 0 spiro atoms. The SMILES string of the molecule is CCC(C)(C)S(=O)(=O)CCCN1CC2COc3ccccc3N2C1=S. The number of benzene rings is 1. The number of nitrogens with zero attached hydrogens (tertiary/aromatic N) is 2. The molecule has 0 bridgehead atoms. The molecule has 1 saturated heterocycles. The van der Waals surface area contributed by atoms with Crippen molar-refractivity contribution >= 4 is 32.9 Å². The van der Waals surface area contributed by atoms with Crippen molar-refractivity contribution in [2.75, 3.05) is 30.3 Å². The first-order valence-corrected chi connectivity index (χ1v) is 10.8. The van der Waals surface area contributed by atoms with Gasteiger partial charge in [-0.3, -0.25) is 0 Å². The van der Waals surface area contributed by atoms with Crippen molar-refractivity contribution < 1.29 is 13.2 Å². The van der Waals surface area contributed by atoms with Gasteiger partial charge in [0.1, 0.15) is 12.4 Å². The van der Waals surface area contributed by atoms with Crippen molar-refractivity contribution in [2.24, 2.45) is 0 Å². The first-order chi connectivity index (χ1) is 11.8. The molecule has 1 atom stereocenters. The summed E-state index contributed by atoms with van der Waals surface area (Å²) in [6.07, 6.45) is 1.22. The van der Waals surface area contributed by atoms with Crippen molar-refractivity contribution in [1.29, 1.82) is 0 Å². The van der Waals surface area contributed by atoms with Crippen LogP contribution in [0, 0.1) is 0 Å². The van der Waals surface area contributed by atoms with Crippen LogP contribution in [-0.2, 0) is 9.84 Å². The van der Waals surface area contributed by atoms with E-state index in [0.29, 0.717) is 26.0 Å². The highest BCUT2D eigenvalue weighted by atomic mass is 32.2. The number of hydrogen-bond donors (Lipinski definition) is 0. The lowest BCUT2D eigenvalue weighted by molar-refractivity contribution is 0.267. The molecule has 1 unspecified atom stereocenters. The largest absolute Gasteiger partial charge is 0.489 e. The second-order valence-electron chi connectivity index (χ2n) is 7.32. The lowest BCUT2D eigenvalue weighted by Crippen LogP contribution is -2.41. The average Bonchev–Trinajstić information content (AvgIpc) is 2.91. The van der Waals surface area contributed by atoms with Gasteiger partial charge < -0.3 is 14.5 Å². The lowest BCUT2D eigenvalue weighted by Gasteiger charge is -2.31. The van der Waals surface area contributed by atoms with Crippen molar-refractivity contribution in [3.05, 3.63) is 24.3 Å². The van der Waals surface area contributed by atoms with Gasteiger partial charge in [0.2, 0.25) is 0 Å². The Morgan fingerprint density at radius 2 is 2.04 bits per heavy atom. The number of hydrogen-bond acceptors (Lipinski definition) is 4. The Hall–Kier alpha value is -1.34. The van der Waals surface area contributed by atoms with E-state index in [2.05, 4.69) is 9.80 Å². The number of fused-ring (bicyclic) bond motifs is 3. The summed E-state index contributed by atoms with van der Waals surface area (Å²) in [4.78, 5) is 4.26. The normalized spacial score (nSPS) is 20.3. The molecule has 1 aromatic rings. The molecule has 0 N–H and O–H groups in total. The summed E-state index contributed by atoms with van der Waals surface area (Å²) in [7, 11) is -3.10. The van der Waals surface area contributed by atoms with Gasteiger partial charge in [0.15, 0.2) is 14.9 Å². The molecule has 138 valence electrons. The van der Waals surface area contributed by atoms with Gasteiger partial charge in [0, 0.05) is 13.1 Å². The van der Waals surface area contributed by atoms with Gasteiger partial charge in [-0.25, -0.2) is 8.42 Å². The molecule has 2 aliphatic rings. The summed E-state index contributed by atoms with van der Waals surface area (Å²) in [5.41, 5.74) is 1.01. The third-order valence-electron chi connectivity index (χ3n) is 5.36. The number of anilines is 1. The molecule has 0 aromatic heterocycles. The van der Waals surface area contributed by atoms with Gasteiger partial charge in [0.05, 0.1) is 22.2 Å². The molecule has 5 nitrogen and oxygen atoms in total. The maximum absolute atomic E-state index is 12.5. The minimum atomic E-state index is -3.10. The minimum absolute atomic E-state index is 0.199. The minimum Gasteiger partial charge on any atom is -0.489 e. The summed E-state index contributed by atoms with van der Waals surface area (Å²) in [5, 5.41) is 0.771. The van der Waals surface area contributed by atoms with E-state index in [0.717, 1.165) is 23.1 Å². The molecule has 2 heterocycles. The predicted molar refractivity (Wildman–Crippen MR) is 105 cm³/mol. The van der Waals surface area contributed by atoms with Crippen LogP contribution in [0.15, 0.2) is 24.3 Å². The summed E-state index contributed by atoms with van der Waals surface area (Å²) in [6, 6.07) is 8.11. The van der Waals surface area contributed by atoms with Crippen LogP contribution >= 0.6 is 12.2 Å². The van der Waals surface area contributed by atoms with Crippen LogP contribution in [-0.4, -0.2) is 54.7 Å². The standard InChI is InChI=1S/C18H26N2O3S2/c1-4-18(2,3)25(21,22)11-7-10-19-12-14-13-23-16-9-6-5-8-15(16)20(14)17(19)24/h5-6,8-9,14H,4,7,10-13H2,1-3H3. The van der Waals surface area contributed by atoms with Crippen LogP contribution in [0.25, 0.3) is 0 Å². The van der Waals surface area contributed by atoms with Gasteiger partial charge >= 0.3 is 0 Å². The zero-order valence-corrected chi connectivity index (χ0v) is 16.7. The van der Waals surface area contributed by atoms with Crippen LogP contribution in [0.2, 0.25) is 0 Å². The zero-order chi connectivity index (χ0) is 18.2. The van der Waals surface area contributed by atoms with Gasteiger partial charge in [-0.2, -0.15) is 0 Å². The third-order valence-corrected chi connectivity index (χ3v) is 8.62. The first-order valence-electron chi connectivity index (χ1n) is 8.79. The maximum atomic E-state index is 12.5. The van der Waals surface area contributed by atoms with Crippen LogP contribution in [0.4, 0.5) is 5.69 Å². The fourth-order valence-electron chi connectivity index (χ4n) is 3.24. The topological polar surface area (TPSA) is 49.9 Å². The summed E-state index contributed by atoms with van der Waals surface area (Å²) < 4.78 is 30.1. The van der Waals surface area contributed by atoms with Gasteiger partial charge in [-0.05, 0) is 51.0 Å². The maximum Gasteiger partial charge on any atom is 0.176 e. The summed E-state index contributed by atoms with van der Waals surface area (Å²) >= 11 is 5.66. The summed E-state index contributed by atoms with van der Waals surface area (Å²) in [6.45, 7) is 7.57. The highest BCUT2D eigenvalue weighted by Crippen LogP contribution is 2.37. The van der Waals surface area contributed by atoms with Crippen molar-refractivity contribution in [1.82, 2.24) is 4.90 Å². The van der Waals surface area contributed by atoms with E-state index in [1.165, 1.54) is 0 Å². The van der Waals surface area contributed by atoms with E-state index >= 15 is 0 Å². The number of thiocarbonyl (C=S) groups is 1. The molecule has 2 aliphatic heterocycles. The van der Waals surface area contributed by atoms with Crippen LogP contribution in [0.1, 0.15) is 33.6 Å². The Morgan fingerprint density at radius 3 is 2.76 bits per heavy atom. The number of ether oxygens (including phenoxy) is 1. The Labute approximate surface area is 155 Å². The fourth-order valence-corrected chi connectivity index (χ4v) is 5.16. The highest BCUT2D eigenvalue weighted by Gasteiger charge is 2.39. The smallest absolute Gasteiger partial charge is 0.176 e. The van der Waals surface area contributed by atoms with E-state index in [-0.39, 0.29) is 11.8 Å². The number of para-hydroxylation sites is 2. The number of sulfone groups is 1. The van der Waals surface area contributed by atoms with E-state index < -0.39 is 14.6 Å². The molecule has 0 amide bonds. The van der Waals surface area contributed by atoms with Crippen LogP contribution in [0.5, 0.6) is 5.75 Å². The molecular weight excluding hydrogens is 356 g/mol. The van der Waals surface area contributed by atoms with Crippen LogP contribution < -0.4 is 9.64 Å². The van der Waals surface area contributed by atoms with Crippen molar-refractivity contribution in [2.45, 2.75) is 44.4 Å². The number of rotatable bonds is 6. The van der Waals surface area contributed by atoms with Gasteiger partial charge in [0.25, 0.3) is 0 Å². The van der Waals surface area contributed by atoms with Gasteiger partial charge in [-0.1, -0.05) is 19.1 Å². The first kappa shape index (κ1) is 18.5. The van der Waals surface area contributed by atoms with Crippen molar-refractivity contribution in [3.63, 3.8) is 0 Å². The Morgan fingerprint density at radius 1 is 1.32 bits per heavy atom. The lowest BCUT2D eigenvalue weighted by atomic mass is 10.1. The molecule has 1 aromatic carbocycles. The molecule has 0 saturated carbocycles. The summed E-state index contributed by atoms with van der Waals surface area (Å²) in [5.74, 6) is 1.06. The second kappa shape index (κ2) is 6.76.